The lowest BCUT2D eigenvalue weighted by Gasteiger charge is -2.36. The van der Waals surface area contributed by atoms with Crippen molar-refractivity contribution in [3.63, 3.8) is 0 Å². The molecule has 0 spiro atoms. The maximum absolute atomic E-state index is 12.6. The van der Waals surface area contributed by atoms with Gasteiger partial charge in [-0.2, -0.15) is 0 Å². The Morgan fingerprint density at radius 1 is 1.17 bits per heavy atom. The van der Waals surface area contributed by atoms with Crippen LogP contribution in [0.3, 0.4) is 0 Å². The maximum Gasteiger partial charge on any atom is 0.411 e. The molecule has 1 aliphatic rings. The first-order valence-corrected chi connectivity index (χ1v) is 8.20. The van der Waals surface area contributed by atoms with Gasteiger partial charge in [-0.1, -0.05) is 49.6 Å². The van der Waals surface area contributed by atoms with E-state index in [1.165, 1.54) is 13.5 Å². The van der Waals surface area contributed by atoms with Gasteiger partial charge in [0.15, 0.2) is 0 Å². The second-order valence-electron chi connectivity index (χ2n) is 5.94. The van der Waals surface area contributed by atoms with Crippen molar-refractivity contribution in [1.82, 2.24) is 4.90 Å². The van der Waals surface area contributed by atoms with Crippen molar-refractivity contribution in [2.45, 2.75) is 57.7 Å². The van der Waals surface area contributed by atoms with E-state index in [0.29, 0.717) is 0 Å². The molecule has 1 fully saturated rings. The largest absolute Gasteiger partial charge is 0.467 e. The number of methoxy groups -OCH3 is 1. The molecular weight excluding hydrogens is 294 g/mol. The number of carbonyl (C=O) groups excluding carboxylic acids is 2. The molecule has 0 heterocycles. The van der Waals surface area contributed by atoms with Crippen LogP contribution in [0.1, 0.15) is 44.6 Å². The Balaban J connectivity index is 2.05. The molecule has 0 radical (unpaired) electrons. The number of benzene rings is 1. The number of hydrogen-bond acceptors (Lipinski definition) is 4. The van der Waals surface area contributed by atoms with E-state index in [2.05, 4.69) is 0 Å². The molecule has 0 N–H and O–H groups in total. The summed E-state index contributed by atoms with van der Waals surface area (Å²) in [5.74, 6) is -0.410. The van der Waals surface area contributed by atoms with Crippen LogP contribution in [0.15, 0.2) is 30.3 Å². The van der Waals surface area contributed by atoms with Crippen molar-refractivity contribution in [3.8, 4) is 0 Å². The molecule has 1 aliphatic carbocycles. The Morgan fingerprint density at radius 3 is 2.43 bits per heavy atom. The van der Waals surface area contributed by atoms with Gasteiger partial charge in [0.05, 0.1) is 7.11 Å². The summed E-state index contributed by atoms with van der Waals surface area (Å²) in [6.07, 6.45) is 4.68. The first kappa shape index (κ1) is 17.3. The number of amides is 1. The molecule has 126 valence electrons. The molecular formula is C18H25NO4. The van der Waals surface area contributed by atoms with Crippen LogP contribution in [-0.2, 0) is 20.9 Å². The molecule has 1 aromatic carbocycles. The van der Waals surface area contributed by atoms with E-state index in [4.69, 9.17) is 9.47 Å². The van der Waals surface area contributed by atoms with Gasteiger partial charge in [0.2, 0.25) is 0 Å². The average molecular weight is 319 g/mol. The molecule has 5 heteroatoms. The highest BCUT2D eigenvalue weighted by Crippen LogP contribution is 2.25. The highest BCUT2D eigenvalue weighted by Gasteiger charge is 2.34. The Kier molecular flexibility index (Phi) is 6.44. The minimum absolute atomic E-state index is 0.0427. The average Bonchev–Trinajstić information content (AvgIpc) is 2.61. The Labute approximate surface area is 137 Å². The zero-order valence-corrected chi connectivity index (χ0v) is 13.9. The van der Waals surface area contributed by atoms with Crippen LogP contribution < -0.4 is 0 Å². The Bertz CT molecular complexity index is 511. The predicted octanol–water partition coefficient (Wildman–Crippen LogP) is 3.52. The minimum Gasteiger partial charge on any atom is -0.467 e. The van der Waals surface area contributed by atoms with Gasteiger partial charge in [-0.25, -0.2) is 9.59 Å². The number of carbonyl (C=O) groups is 2. The first-order valence-electron chi connectivity index (χ1n) is 8.20. The molecule has 2 rings (SSSR count). The number of ether oxygens (including phenoxy) is 2. The van der Waals surface area contributed by atoms with Gasteiger partial charge in [0.25, 0.3) is 0 Å². The number of rotatable bonds is 5. The molecule has 23 heavy (non-hydrogen) atoms. The van der Waals surface area contributed by atoms with Crippen molar-refractivity contribution >= 4 is 12.1 Å². The molecule has 1 saturated carbocycles. The van der Waals surface area contributed by atoms with E-state index < -0.39 is 18.1 Å². The summed E-state index contributed by atoms with van der Waals surface area (Å²) in [5.41, 5.74) is 0.926. The molecule has 0 aromatic heterocycles. The summed E-state index contributed by atoms with van der Waals surface area (Å²) in [6, 6.07) is 8.94. The lowest BCUT2D eigenvalue weighted by atomic mass is 9.93. The van der Waals surface area contributed by atoms with Gasteiger partial charge in [-0.05, 0) is 25.3 Å². The molecule has 1 aromatic rings. The third-order valence-corrected chi connectivity index (χ3v) is 4.34. The molecule has 0 saturated heterocycles. The third kappa shape index (κ3) is 4.71. The van der Waals surface area contributed by atoms with Crippen LogP contribution in [0, 0.1) is 0 Å². The van der Waals surface area contributed by atoms with Gasteiger partial charge in [0, 0.05) is 6.04 Å². The first-order chi connectivity index (χ1) is 11.1. The molecule has 1 atom stereocenters. The van der Waals surface area contributed by atoms with Crippen LogP contribution in [-0.4, -0.2) is 36.2 Å². The van der Waals surface area contributed by atoms with E-state index >= 15 is 0 Å². The Morgan fingerprint density at radius 2 is 1.83 bits per heavy atom. The summed E-state index contributed by atoms with van der Waals surface area (Å²) >= 11 is 0. The van der Waals surface area contributed by atoms with Gasteiger partial charge in [-0.15, -0.1) is 0 Å². The molecule has 0 aliphatic heterocycles. The topological polar surface area (TPSA) is 55.8 Å². The fourth-order valence-electron chi connectivity index (χ4n) is 3.06. The second kappa shape index (κ2) is 8.56. The van der Waals surface area contributed by atoms with Gasteiger partial charge < -0.3 is 9.47 Å². The lowest BCUT2D eigenvalue weighted by molar-refractivity contribution is -0.146. The predicted molar refractivity (Wildman–Crippen MR) is 86.8 cm³/mol. The lowest BCUT2D eigenvalue weighted by Crippen LogP contribution is -2.50. The van der Waals surface area contributed by atoms with Crippen LogP contribution in [0.2, 0.25) is 0 Å². The molecule has 0 unspecified atom stereocenters. The van der Waals surface area contributed by atoms with E-state index in [9.17, 15) is 9.59 Å². The van der Waals surface area contributed by atoms with Gasteiger partial charge in [0.1, 0.15) is 12.6 Å². The second-order valence-corrected chi connectivity index (χ2v) is 5.94. The third-order valence-electron chi connectivity index (χ3n) is 4.34. The van der Waals surface area contributed by atoms with Crippen LogP contribution in [0.5, 0.6) is 0 Å². The summed E-state index contributed by atoms with van der Waals surface area (Å²) in [7, 11) is 1.34. The zero-order chi connectivity index (χ0) is 16.7. The number of nitrogens with zero attached hydrogens (tertiary/aromatic N) is 1. The monoisotopic (exact) mass is 319 g/mol. The SMILES string of the molecule is COC(=O)[C@H](C)N(C(=O)OCc1ccccc1)C1CCCCC1. The van der Waals surface area contributed by atoms with E-state index in [1.54, 1.807) is 11.8 Å². The number of esters is 1. The van der Waals surface area contributed by atoms with E-state index in [0.717, 1.165) is 31.2 Å². The normalized spacial score (nSPS) is 16.4. The minimum atomic E-state index is -0.633. The standard InChI is InChI=1S/C18H25NO4/c1-14(17(20)22-2)19(16-11-7-4-8-12-16)18(21)23-13-15-9-5-3-6-10-15/h3,5-6,9-10,14,16H,4,7-8,11-13H2,1-2H3/t14-/m0/s1. The van der Waals surface area contributed by atoms with Crippen molar-refractivity contribution in [2.75, 3.05) is 7.11 Å². The van der Waals surface area contributed by atoms with Crippen molar-refractivity contribution in [3.05, 3.63) is 35.9 Å². The molecule has 5 nitrogen and oxygen atoms in total. The van der Waals surface area contributed by atoms with Gasteiger partial charge in [-0.3, -0.25) is 4.90 Å². The summed E-state index contributed by atoms with van der Waals surface area (Å²) < 4.78 is 10.2. The van der Waals surface area contributed by atoms with Crippen LogP contribution >= 0.6 is 0 Å². The van der Waals surface area contributed by atoms with Crippen molar-refractivity contribution < 1.29 is 19.1 Å². The van der Waals surface area contributed by atoms with Crippen molar-refractivity contribution in [1.29, 1.82) is 0 Å². The van der Waals surface area contributed by atoms with Crippen LogP contribution in [0.25, 0.3) is 0 Å². The molecule has 1 amide bonds. The van der Waals surface area contributed by atoms with Crippen LogP contribution in [0.4, 0.5) is 4.79 Å². The Hall–Kier alpha value is -2.04. The van der Waals surface area contributed by atoms with Crippen molar-refractivity contribution in [2.24, 2.45) is 0 Å². The van der Waals surface area contributed by atoms with Gasteiger partial charge >= 0.3 is 12.1 Å². The summed E-state index contributed by atoms with van der Waals surface area (Å²) in [6.45, 7) is 1.90. The smallest absolute Gasteiger partial charge is 0.411 e. The summed E-state index contributed by atoms with van der Waals surface area (Å²) in [4.78, 5) is 26.0. The quantitative estimate of drug-likeness (QED) is 0.779. The highest BCUT2D eigenvalue weighted by molar-refractivity contribution is 5.81. The fraction of sp³-hybridized carbons (Fsp3) is 0.556. The maximum atomic E-state index is 12.6. The number of hydrogen-bond donors (Lipinski definition) is 0. The molecule has 0 bridgehead atoms. The van der Waals surface area contributed by atoms with E-state index in [1.807, 2.05) is 30.3 Å². The fourth-order valence-corrected chi connectivity index (χ4v) is 3.06. The zero-order valence-electron chi connectivity index (χ0n) is 13.9. The highest BCUT2D eigenvalue weighted by atomic mass is 16.6. The summed E-state index contributed by atoms with van der Waals surface area (Å²) in [5, 5.41) is 0. The van der Waals surface area contributed by atoms with E-state index in [-0.39, 0.29) is 12.6 Å².